The van der Waals surface area contributed by atoms with Crippen molar-refractivity contribution in [1.29, 1.82) is 0 Å². The Labute approximate surface area is 121 Å². The highest BCUT2D eigenvalue weighted by molar-refractivity contribution is 5.76. The molecule has 0 saturated carbocycles. The lowest BCUT2D eigenvalue weighted by atomic mass is 10.1. The molecule has 0 radical (unpaired) electrons. The molecule has 0 spiro atoms. The van der Waals surface area contributed by atoms with Gasteiger partial charge in [-0.05, 0) is 18.9 Å². The number of ether oxygens (including phenoxy) is 1. The number of amides is 1. The predicted molar refractivity (Wildman–Crippen MR) is 72.3 cm³/mol. The second kappa shape index (κ2) is 6.29. The van der Waals surface area contributed by atoms with E-state index in [1.165, 1.54) is 17.3 Å². The molecule has 1 atom stereocenters. The third kappa shape index (κ3) is 3.53. The summed E-state index contributed by atoms with van der Waals surface area (Å²) in [5.74, 6) is 0.515. The van der Waals surface area contributed by atoms with Crippen LogP contribution in [0.4, 0.5) is 0 Å². The van der Waals surface area contributed by atoms with Crippen molar-refractivity contribution >= 4 is 5.91 Å². The summed E-state index contributed by atoms with van der Waals surface area (Å²) < 4.78 is 7.29. The number of piperidine rings is 1. The average molecular weight is 288 g/mol. The Morgan fingerprint density at radius 3 is 3.19 bits per heavy atom. The van der Waals surface area contributed by atoms with Crippen LogP contribution in [0.15, 0.2) is 31.0 Å². The van der Waals surface area contributed by atoms with Crippen molar-refractivity contribution in [1.82, 2.24) is 29.9 Å². The first-order valence-electron chi connectivity index (χ1n) is 6.86. The normalized spacial score (nSPS) is 18.5. The van der Waals surface area contributed by atoms with E-state index >= 15 is 0 Å². The highest BCUT2D eigenvalue weighted by atomic mass is 16.5. The molecule has 0 aliphatic carbocycles. The Morgan fingerprint density at radius 1 is 1.48 bits per heavy atom. The standard InChI is InChI=1S/C13H16N6O2/c20-13(8-19-10-14-9-16-19)18-6-2-3-11(7-18)21-12-4-1-5-15-17-12/h1,4-5,9-11H,2-3,6-8H2. The number of carbonyl (C=O) groups is 1. The van der Waals surface area contributed by atoms with Crippen molar-refractivity contribution in [3.05, 3.63) is 31.0 Å². The molecular weight excluding hydrogens is 272 g/mol. The maximum absolute atomic E-state index is 12.2. The lowest BCUT2D eigenvalue weighted by Gasteiger charge is -2.32. The Kier molecular flexibility index (Phi) is 4.04. The van der Waals surface area contributed by atoms with E-state index in [9.17, 15) is 4.79 Å². The number of hydrogen-bond acceptors (Lipinski definition) is 6. The third-order valence-corrected chi connectivity index (χ3v) is 3.33. The van der Waals surface area contributed by atoms with E-state index in [1.807, 2.05) is 0 Å². The van der Waals surface area contributed by atoms with Crippen LogP contribution in [-0.4, -0.2) is 55.0 Å². The average Bonchev–Trinajstić information content (AvgIpc) is 3.01. The summed E-state index contributed by atoms with van der Waals surface area (Å²) in [6.45, 7) is 1.51. The lowest BCUT2D eigenvalue weighted by molar-refractivity contribution is -0.134. The summed E-state index contributed by atoms with van der Waals surface area (Å²) in [4.78, 5) is 17.8. The van der Waals surface area contributed by atoms with Crippen molar-refractivity contribution in [2.75, 3.05) is 13.1 Å². The Balaban J connectivity index is 1.56. The van der Waals surface area contributed by atoms with Gasteiger partial charge in [-0.25, -0.2) is 9.67 Å². The van der Waals surface area contributed by atoms with Crippen LogP contribution < -0.4 is 4.74 Å². The third-order valence-electron chi connectivity index (χ3n) is 3.33. The molecule has 2 aromatic rings. The van der Waals surface area contributed by atoms with Gasteiger partial charge < -0.3 is 9.64 Å². The molecule has 1 fully saturated rings. The van der Waals surface area contributed by atoms with E-state index in [-0.39, 0.29) is 18.6 Å². The molecule has 110 valence electrons. The first kappa shape index (κ1) is 13.5. The minimum atomic E-state index is -0.0462. The molecule has 1 aliphatic heterocycles. The second-order valence-electron chi connectivity index (χ2n) is 4.88. The maximum atomic E-state index is 12.2. The number of carbonyl (C=O) groups excluding carboxylic acids is 1. The molecule has 3 heterocycles. The van der Waals surface area contributed by atoms with Crippen molar-refractivity contribution in [2.45, 2.75) is 25.5 Å². The molecule has 1 saturated heterocycles. The van der Waals surface area contributed by atoms with Crippen LogP contribution in [0.2, 0.25) is 0 Å². The van der Waals surface area contributed by atoms with Gasteiger partial charge in [-0.2, -0.15) is 10.2 Å². The van der Waals surface area contributed by atoms with Gasteiger partial charge in [-0.1, -0.05) is 0 Å². The van der Waals surface area contributed by atoms with Gasteiger partial charge >= 0.3 is 0 Å². The first-order valence-corrected chi connectivity index (χ1v) is 6.86. The maximum Gasteiger partial charge on any atom is 0.244 e. The summed E-state index contributed by atoms with van der Waals surface area (Å²) >= 11 is 0. The van der Waals surface area contributed by atoms with Gasteiger partial charge in [0.2, 0.25) is 11.8 Å². The van der Waals surface area contributed by atoms with Gasteiger partial charge in [-0.3, -0.25) is 4.79 Å². The Morgan fingerprint density at radius 2 is 2.43 bits per heavy atom. The summed E-state index contributed by atoms with van der Waals surface area (Å²) in [5.41, 5.74) is 0. The van der Waals surface area contributed by atoms with Gasteiger partial charge in [0.1, 0.15) is 25.3 Å². The fraction of sp³-hybridized carbons (Fsp3) is 0.462. The molecule has 21 heavy (non-hydrogen) atoms. The molecule has 2 aromatic heterocycles. The van der Waals surface area contributed by atoms with E-state index in [0.29, 0.717) is 12.4 Å². The molecule has 3 rings (SSSR count). The van der Waals surface area contributed by atoms with Crippen molar-refractivity contribution in [3.8, 4) is 5.88 Å². The number of hydrogen-bond donors (Lipinski definition) is 0. The highest BCUT2D eigenvalue weighted by Crippen LogP contribution is 2.16. The molecule has 1 amide bonds. The number of aromatic nitrogens is 5. The van der Waals surface area contributed by atoms with Gasteiger partial charge in [0.25, 0.3) is 0 Å². The fourth-order valence-corrected chi connectivity index (χ4v) is 2.33. The van der Waals surface area contributed by atoms with Gasteiger partial charge in [0.05, 0.1) is 6.54 Å². The quantitative estimate of drug-likeness (QED) is 0.795. The van der Waals surface area contributed by atoms with Crippen LogP contribution in [-0.2, 0) is 11.3 Å². The van der Waals surface area contributed by atoms with Gasteiger partial charge in [0.15, 0.2) is 0 Å². The van der Waals surface area contributed by atoms with Crippen molar-refractivity contribution in [3.63, 3.8) is 0 Å². The lowest BCUT2D eigenvalue weighted by Crippen LogP contribution is -2.45. The van der Waals surface area contributed by atoms with Crippen LogP contribution >= 0.6 is 0 Å². The molecule has 0 N–H and O–H groups in total. The summed E-state index contributed by atoms with van der Waals surface area (Å²) in [5, 5.41) is 11.6. The summed E-state index contributed by atoms with van der Waals surface area (Å²) in [6.07, 6.45) is 6.33. The van der Waals surface area contributed by atoms with E-state index in [4.69, 9.17) is 4.74 Å². The number of rotatable bonds is 4. The van der Waals surface area contributed by atoms with Gasteiger partial charge in [0, 0.05) is 18.8 Å². The molecule has 8 heteroatoms. The first-order chi connectivity index (χ1) is 10.3. The minimum Gasteiger partial charge on any atom is -0.471 e. The van der Waals surface area contributed by atoms with E-state index in [0.717, 1.165) is 19.4 Å². The number of likely N-dealkylation sites (tertiary alicyclic amines) is 1. The largest absolute Gasteiger partial charge is 0.471 e. The van der Waals surface area contributed by atoms with Crippen LogP contribution in [0.1, 0.15) is 12.8 Å². The van der Waals surface area contributed by atoms with Crippen LogP contribution in [0.5, 0.6) is 5.88 Å². The topological polar surface area (TPSA) is 86.0 Å². The monoisotopic (exact) mass is 288 g/mol. The van der Waals surface area contributed by atoms with E-state index in [1.54, 1.807) is 23.2 Å². The fourth-order valence-electron chi connectivity index (χ4n) is 2.33. The van der Waals surface area contributed by atoms with E-state index in [2.05, 4.69) is 20.3 Å². The minimum absolute atomic E-state index is 0.0212. The summed E-state index contributed by atoms with van der Waals surface area (Å²) in [7, 11) is 0. The zero-order chi connectivity index (χ0) is 14.5. The Hall–Kier alpha value is -2.51. The second-order valence-corrected chi connectivity index (χ2v) is 4.88. The van der Waals surface area contributed by atoms with Crippen molar-refractivity contribution < 1.29 is 9.53 Å². The molecule has 1 aliphatic rings. The molecule has 8 nitrogen and oxygen atoms in total. The van der Waals surface area contributed by atoms with E-state index < -0.39 is 0 Å². The van der Waals surface area contributed by atoms with Crippen molar-refractivity contribution in [2.24, 2.45) is 0 Å². The van der Waals surface area contributed by atoms with Crippen LogP contribution in [0.25, 0.3) is 0 Å². The smallest absolute Gasteiger partial charge is 0.244 e. The van der Waals surface area contributed by atoms with Crippen LogP contribution in [0, 0.1) is 0 Å². The SMILES string of the molecule is O=C(Cn1cncn1)N1CCCC(Oc2cccnn2)C1. The van der Waals surface area contributed by atoms with Gasteiger partial charge in [-0.15, -0.1) is 5.10 Å². The highest BCUT2D eigenvalue weighted by Gasteiger charge is 2.25. The molecule has 1 unspecified atom stereocenters. The molecule has 0 bridgehead atoms. The molecular formula is C13H16N6O2. The van der Waals surface area contributed by atoms with Crippen LogP contribution in [0.3, 0.4) is 0 Å². The Bertz CT molecular complexity index is 574. The number of nitrogens with zero attached hydrogens (tertiary/aromatic N) is 6. The molecule has 0 aromatic carbocycles. The predicted octanol–water partition coefficient (Wildman–Crippen LogP) is 0.138. The zero-order valence-corrected chi connectivity index (χ0v) is 11.5. The summed E-state index contributed by atoms with van der Waals surface area (Å²) in [6, 6.07) is 3.54. The zero-order valence-electron chi connectivity index (χ0n) is 11.5.